The topological polar surface area (TPSA) is 84.2 Å². The summed E-state index contributed by atoms with van der Waals surface area (Å²) in [4.78, 5) is 22.7. The molecule has 0 radical (unpaired) electrons. The smallest absolute Gasteiger partial charge is 0.239 e. The minimum absolute atomic E-state index is 0.0558. The van der Waals surface area contributed by atoms with Crippen molar-refractivity contribution in [3.8, 4) is 0 Å². The first-order valence-corrected chi connectivity index (χ1v) is 7.14. The van der Waals surface area contributed by atoms with Crippen LogP contribution >= 0.6 is 15.9 Å². The Morgan fingerprint density at radius 2 is 1.80 bits per heavy atom. The van der Waals surface area contributed by atoms with Crippen molar-refractivity contribution in [2.24, 2.45) is 5.73 Å². The SMILES string of the molecule is CC(C)(Cc1ccc(Br)cc1)NC(=O)CNC(=O)CN. The average Bonchev–Trinajstić information content (AvgIpc) is 2.37. The van der Waals surface area contributed by atoms with E-state index in [0.717, 1.165) is 10.0 Å². The first-order chi connectivity index (χ1) is 9.32. The van der Waals surface area contributed by atoms with E-state index in [9.17, 15) is 9.59 Å². The molecule has 110 valence electrons. The Bertz CT molecular complexity index is 472. The molecule has 1 aromatic rings. The molecular weight excluding hydrogens is 322 g/mol. The maximum absolute atomic E-state index is 11.7. The van der Waals surface area contributed by atoms with Gasteiger partial charge in [0.05, 0.1) is 13.1 Å². The Hall–Kier alpha value is -1.40. The summed E-state index contributed by atoms with van der Waals surface area (Å²) in [5.74, 6) is -0.570. The van der Waals surface area contributed by atoms with Gasteiger partial charge in [-0.2, -0.15) is 0 Å². The second kappa shape index (κ2) is 7.40. The van der Waals surface area contributed by atoms with Crippen LogP contribution in [-0.4, -0.2) is 30.4 Å². The fourth-order valence-corrected chi connectivity index (χ4v) is 2.09. The number of hydrogen-bond donors (Lipinski definition) is 3. The molecular formula is C14H20BrN3O2. The van der Waals surface area contributed by atoms with Gasteiger partial charge < -0.3 is 16.4 Å². The van der Waals surface area contributed by atoms with E-state index < -0.39 is 5.54 Å². The van der Waals surface area contributed by atoms with E-state index >= 15 is 0 Å². The van der Waals surface area contributed by atoms with Gasteiger partial charge in [-0.3, -0.25) is 9.59 Å². The fraction of sp³-hybridized carbons (Fsp3) is 0.429. The molecule has 0 heterocycles. The van der Waals surface area contributed by atoms with Crippen molar-refractivity contribution in [3.05, 3.63) is 34.3 Å². The van der Waals surface area contributed by atoms with Crippen LogP contribution in [0.2, 0.25) is 0 Å². The van der Waals surface area contributed by atoms with E-state index in [1.807, 2.05) is 38.1 Å². The maximum Gasteiger partial charge on any atom is 0.239 e. The second-order valence-corrected chi connectivity index (χ2v) is 6.13. The highest BCUT2D eigenvalue weighted by molar-refractivity contribution is 9.10. The quantitative estimate of drug-likeness (QED) is 0.720. The first-order valence-electron chi connectivity index (χ1n) is 6.34. The molecule has 0 atom stereocenters. The van der Waals surface area contributed by atoms with Crippen LogP contribution in [0.1, 0.15) is 19.4 Å². The number of carbonyl (C=O) groups is 2. The third-order valence-corrected chi connectivity index (χ3v) is 3.20. The highest BCUT2D eigenvalue weighted by Crippen LogP contribution is 2.16. The van der Waals surface area contributed by atoms with E-state index in [4.69, 9.17) is 5.73 Å². The lowest BCUT2D eigenvalue weighted by molar-refractivity contribution is -0.126. The fourth-order valence-electron chi connectivity index (χ4n) is 1.83. The van der Waals surface area contributed by atoms with Gasteiger partial charge in [-0.25, -0.2) is 0 Å². The summed E-state index contributed by atoms with van der Waals surface area (Å²) in [7, 11) is 0. The zero-order valence-electron chi connectivity index (χ0n) is 11.7. The molecule has 0 spiro atoms. The molecule has 0 unspecified atom stereocenters. The monoisotopic (exact) mass is 341 g/mol. The molecule has 6 heteroatoms. The number of hydrogen-bond acceptors (Lipinski definition) is 3. The second-order valence-electron chi connectivity index (χ2n) is 5.22. The number of nitrogens with two attached hydrogens (primary N) is 1. The molecule has 5 nitrogen and oxygen atoms in total. The molecule has 0 aromatic heterocycles. The molecule has 0 aliphatic rings. The summed E-state index contributed by atoms with van der Waals surface area (Å²) in [6.07, 6.45) is 0.705. The molecule has 1 rings (SSSR count). The predicted molar refractivity (Wildman–Crippen MR) is 82.1 cm³/mol. The normalized spacial score (nSPS) is 11.0. The van der Waals surface area contributed by atoms with Crippen LogP contribution in [0.4, 0.5) is 0 Å². The number of carbonyl (C=O) groups excluding carboxylic acids is 2. The number of amides is 2. The van der Waals surface area contributed by atoms with E-state index in [-0.39, 0.29) is 24.9 Å². The summed E-state index contributed by atoms with van der Waals surface area (Å²) in [5, 5.41) is 5.34. The van der Waals surface area contributed by atoms with Crippen molar-refractivity contribution in [1.29, 1.82) is 0 Å². The van der Waals surface area contributed by atoms with Crippen molar-refractivity contribution < 1.29 is 9.59 Å². The van der Waals surface area contributed by atoms with Gasteiger partial charge in [0.1, 0.15) is 0 Å². The zero-order valence-corrected chi connectivity index (χ0v) is 13.3. The lowest BCUT2D eigenvalue weighted by atomic mass is 9.95. The summed E-state index contributed by atoms with van der Waals surface area (Å²) < 4.78 is 1.02. The van der Waals surface area contributed by atoms with Gasteiger partial charge in [0, 0.05) is 10.0 Å². The molecule has 0 fully saturated rings. The Labute approximate surface area is 127 Å². The molecule has 0 saturated heterocycles. The van der Waals surface area contributed by atoms with Crippen LogP contribution in [0.3, 0.4) is 0 Å². The van der Waals surface area contributed by atoms with Crippen molar-refractivity contribution in [1.82, 2.24) is 10.6 Å². The van der Waals surface area contributed by atoms with Gasteiger partial charge in [0.15, 0.2) is 0 Å². The van der Waals surface area contributed by atoms with E-state index in [0.29, 0.717) is 6.42 Å². The largest absolute Gasteiger partial charge is 0.349 e. The number of halogens is 1. The first kappa shape index (κ1) is 16.7. The minimum Gasteiger partial charge on any atom is -0.349 e. The van der Waals surface area contributed by atoms with Gasteiger partial charge >= 0.3 is 0 Å². The van der Waals surface area contributed by atoms with E-state index in [1.165, 1.54) is 0 Å². The third-order valence-electron chi connectivity index (χ3n) is 2.67. The molecule has 20 heavy (non-hydrogen) atoms. The van der Waals surface area contributed by atoms with Gasteiger partial charge in [0.25, 0.3) is 0 Å². The molecule has 0 bridgehead atoms. The summed E-state index contributed by atoms with van der Waals surface area (Å²) in [6, 6.07) is 7.95. The van der Waals surface area contributed by atoms with E-state index in [2.05, 4.69) is 26.6 Å². The molecule has 0 aliphatic heterocycles. The van der Waals surface area contributed by atoms with Crippen LogP contribution in [0.5, 0.6) is 0 Å². The maximum atomic E-state index is 11.7. The van der Waals surface area contributed by atoms with Crippen LogP contribution in [0, 0.1) is 0 Å². The Morgan fingerprint density at radius 1 is 1.20 bits per heavy atom. The van der Waals surface area contributed by atoms with Crippen molar-refractivity contribution in [2.75, 3.05) is 13.1 Å². The van der Waals surface area contributed by atoms with Gasteiger partial charge in [-0.05, 0) is 38.0 Å². The van der Waals surface area contributed by atoms with Crippen molar-refractivity contribution in [2.45, 2.75) is 25.8 Å². The van der Waals surface area contributed by atoms with Crippen molar-refractivity contribution >= 4 is 27.7 Å². The van der Waals surface area contributed by atoms with Crippen LogP contribution in [0.25, 0.3) is 0 Å². The molecule has 0 saturated carbocycles. The van der Waals surface area contributed by atoms with Crippen LogP contribution < -0.4 is 16.4 Å². The van der Waals surface area contributed by atoms with Crippen LogP contribution in [0.15, 0.2) is 28.7 Å². The number of benzene rings is 1. The summed E-state index contributed by atoms with van der Waals surface area (Å²) in [6.45, 7) is 3.71. The average molecular weight is 342 g/mol. The van der Waals surface area contributed by atoms with Gasteiger partial charge in [-0.1, -0.05) is 28.1 Å². The van der Waals surface area contributed by atoms with Gasteiger partial charge in [0.2, 0.25) is 11.8 Å². The molecule has 0 aliphatic carbocycles. The minimum atomic E-state index is -0.391. The predicted octanol–water partition coefficient (Wildman–Crippen LogP) is 0.961. The lowest BCUT2D eigenvalue weighted by Crippen LogP contribution is -2.49. The van der Waals surface area contributed by atoms with Crippen molar-refractivity contribution in [3.63, 3.8) is 0 Å². The standard InChI is InChI=1S/C14H20BrN3O2/c1-14(2,7-10-3-5-11(15)6-4-10)18-13(20)9-17-12(19)8-16/h3-6H,7-9,16H2,1-2H3,(H,17,19)(H,18,20). The molecule has 1 aromatic carbocycles. The number of nitrogens with one attached hydrogen (secondary N) is 2. The Kier molecular flexibility index (Phi) is 6.16. The van der Waals surface area contributed by atoms with Gasteiger partial charge in [-0.15, -0.1) is 0 Å². The number of rotatable bonds is 6. The summed E-state index contributed by atoms with van der Waals surface area (Å²) in [5.41, 5.74) is 5.89. The molecule has 4 N–H and O–H groups in total. The highest BCUT2D eigenvalue weighted by atomic mass is 79.9. The zero-order chi connectivity index (χ0) is 15.2. The van der Waals surface area contributed by atoms with E-state index in [1.54, 1.807) is 0 Å². The Morgan fingerprint density at radius 3 is 2.35 bits per heavy atom. The highest BCUT2D eigenvalue weighted by Gasteiger charge is 2.21. The molecule has 2 amide bonds. The lowest BCUT2D eigenvalue weighted by Gasteiger charge is -2.26. The Balaban J connectivity index is 2.49. The third kappa shape index (κ3) is 6.16. The summed E-state index contributed by atoms with van der Waals surface area (Å²) >= 11 is 3.39. The van der Waals surface area contributed by atoms with Crippen LogP contribution in [-0.2, 0) is 16.0 Å².